The van der Waals surface area contributed by atoms with Crippen LogP contribution in [0.1, 0.15) is 12.2 Å². The van der Waals surface area contributed by atoms with E-state index < -0.39 is 18.0 Å². The molecule has 9 heteroatoms. The number of carbonyl (C=O) groups is 2. The fraction of sp³-hybridized carbons (Fsp3) is 0.667. The van der Waals surface area contributed by atoms with Crippen molar-refractivity contribution in [3.8, 4) is 0 Å². The molecule has 1 aromatic rings. The number of tetrazole rings is 1. The van der Waals surface area contributed by atoms with Crippen molar-refractivity contribution in [1.82, 2.24) is 20.2 Å². The van der Waals surface area contributed by atoms with Crippen LogP contribution in [0.4, 0.5) is 0 Å². The van der Waals surface area contributed by atoms with Crippen LogP contribution in [-0.2, 0) is 32.0 Å². The van der Waals surface area contributed by atoms with Crippen molar-refractivity contribution in [2.24, 2.45) is 5.73 Å². The van der Waals surface area contributed by atoms with Crippen molar-refractivity contribution >= 4 is 11.9 Å². The number of hydrogen-bond acceptors (Lipinski definition) is 8. The summed E-state index contributed by atoms with van der Waals surface area (Å²) in [5, 5.41) is 11.3. The Hall–Kier alpha value is -2.03. The van der Waals surface area contributed by atoms with E-state index in [4.69, 9.17) is 5.73 Å². The molecule has 100 valence electrons. The zero-order chi connectivity index (χ0) is 13.5. The first-order valence-corrected chi connectivity index (χ1v) is 5.23. The second-order valence-corrected chi connectivity index (χ2v) is 3.48. The van der Waals surface area contributed by atoms with E-state index in [0.29, 0.717) is 18.7 Å². The lowest BCUT2D eigenvalue weighted by Crippen LogP contribution is -2.32. The van der Waals surface area contributed by atoms with Crippen LogP contribution in [0.25, 0.3) is 0 Å². The highest BCUT2D eigenvalue weighted by Gasteiger charge is 2.15. The van der Waals surface area contributed by atoms with Gasteiger partial charge in [0.05, 0.1) is 14.2 Å². The summed E-state index contributed by atoms with van der Waals surface area (Å²) in [7, 11) is 2.54. The molecule has 0 spiro atoms. The quantitative estimate of drug-likeness (QED) is 0.597. The van der Waals surface area contributed by atoms with E-state index in [2.05, 4.69) is 24.9 Å². The number of nitrogens with zero attached hydrogens (tertiary/aromatic N) is 4. The van der Waals surface area contributed by atoms with E-state index in [1.54, 1.807) is 0 Å². The second-order valence-electron chi connectivity index (χ2n) is 3.48. The summed E-state index contributed by atoms with van der Waals surface area (Å²) in [5.74, 6) is -0.555. The molecule has 0 bridgehead atoms. The highest BCUT2D eigenvalue weighted by atomic mass is 16.5. The van der Waals surface area contributed by atoms with Crippen LogP contribution in [0.5, 0.6) is 0 Å². The fourth-order valence-electron chi connectivity index (χ4n) is 1.18. The second kappa shape index (κ2) is 6.64. The first kappa shape index (κ1) is 14.0. The SMILES string of the molecule is COC(=O)Cn1nnc(CC[C@H](N)C(=O)OC)n1. The van der Waals surface area contributed by atoms with Gasteiger partial charge in [0.2, 0.25) is 0 Å². The molecule has 0 aromatic carbocycles. The van der Waals surface area contributed by atoms with Crippen molar-refractivity contribution in [3.63, 3.8) is 0 Å². The molecule has 0 unspecified atom stereocenters. The number of ether oxygens (including phenoxy) is 2. The summed E-state index contributed by atoms with van der Waals surface area (Å²) in [6.07, 6.45) is 0.716. The van der Waals surface area contributed by atoms with Gasteiger partial charge in [0, 0.05) is 6.42 Å². The lowest BCUT2D eigenvalue weighted by molar-refractivity contribution is -0.142. The molecule has 0 saturated carbocycles. The number of carbonyl (C=O) groups excluding carboxylic acids is 2. The van der Waals surface area contributed by atoms with E-state index in [1.807, 2.05) is 0 Å². The molecule has 1 rings (SSSR count). The Morgan fingerprint density at radius 1 is 1.39 bits per heavy atom. The molecule has 1 heterocycles. The van der Waals surface area contributed by atoms with Crippen LogP contribution in [0, 0.1) is 0 Å². The number of esters is 2. The molecule has 2 N–H and O–H groups in total. The van der Waals surface area contributed by atoms with Gasteiger partial charge in [-0.05, 0) is 11.6 Å². The predicted molar refractivity (Wildman–Crippen MR) is 58.1 cm³/mol. The average molecular weight is 257 g/mol. The minimum atomic E-state index is -0.720. The van der Waals surface area contributed by atoms with Crippen molar-refractivity contribution in [1.29, 1.82) is 0 Å². The molecular formula is C9H15N5O4. The molecule has 9 nitrogen and oxygen atoms in total. The first-order valence-electron chi connectivity index (χ1n) is 5.23. The normalized spacial score (nSPS) is 11.9. The van der Waals surface area contributed by atoms with Crippen LogP contribution in [-0.4, -0.2) is 52.4 Å². The van der Waals surface area contributed by atoms with E-state index in [0.717, 1.165) is 4.80 Å². The number of hydrogen-bond donors (Lipinski definition) is 1. The maximum atomic E-state index is 11.1. The molecule has 0 aliphatic carbocycles. The molecule has 18 heavy (non-hydrogen) atoms. The summed E-state index contributed by atoms with van der Waals surface area (Å²) < 4.78 is 8.94. The van der Waals surface area contributed by atoms with Gasteiger partial charge in [-0.3, -0.25) is 4.79 Å². The lowest BCUT2D eigenvalue weighted by atomic mass is 10.1. The monoisotopic (exact) mass is 257 g/mol. The Morgan fingerprint density at radius 2 is 2.11 bits per heavy atom. The van der Waals surface area contributed by atoms with Gasteiger partial charge in [-0.25, -0.2) is 4.79 Å². The largest absolute Gasteiger partial charge is 0.468 e. The number of nitrogens with two attached hydrogens (primary N) is 1. The lowest BCUT2D eigenvalue weighted by Gasteiger charge is -2.06. The predicted octanol–water partition coefficient (Wildman–Crippen LogP) is -1.72. The maximum absolute atomic E-state index is 11.1. The first-order chi connectivity index (χ1) is 8.56. The van der Waals surface area contributed by atoms with Crippen molar-refractivity contribution < 1.29 is 19.1 Å². The van der Waals surface area contributed by atoms with Crippen molar-refractivity contribution in [3.05, 3.63) is 5.82 Å². The zero-order valence-electron chi connectivity index (χ0n) is 10.2. The van der Waals surface area contributed by atoms with E-state index in [9.17, 15) is 9.59 Å². The van der Waals surface area contributed by atoms with Gasteiger partial charge in [-0.15, -0.1) is 10.2 Å². The molecule has 0 radical (unpaired) electrons. The molecule has 1 atom stereocenters. The molecule has 1 aromatic heterocycles. The summed E-state index contributed by atoms with van der Waals surface area (Å²) in [6, 6.07) is -0.720. The summed E-state index contributed by atoms with van der Waals surface area (Å²) >= 11 is 0. The molecule has 0 aliphatic rings. The van der Waals surface area contributed by atoms with E-state index >= 15 is 0 Å². The number of aryl methyl sites for hydroxylation is 1. The highest BCUT2D eigenvalue weighted by Crippen LogP contribution is 1.98. The topological polar surface area (TPSA) is 122 Å². The maximum Gasteiger partial charge on any atom is 0.329 e. The molecule has 0 amide bonds. The third kappa shape index (κ3) is 4.09. The van der Waals surface area contributed by atoms with Crippen LogP contribution in [0.15, 0.2) is 0 Å². The number of aromatic nitrogens is 4. The van der Waals surface area contributed by atoms with Crippen LogP contribution >= 0.6 is 0 Å². The third-order valence-electron chi connectivity index (χ3n) is 2.18. The van der Waals surface area contributed by atoms with Gasteiger partial charge >= 0.3 is 11.9 Å². The smallest absolute Gasteiger partial charge is 0.329 e. The molecule has 0 saturated heterocycles. The minimum Gasteiger partial charge on any atom is -0.468 e. The van der Waals surface area contributed by atoms with Crippen molar-refractivity contribution in [2.75, 3.05) is 14.2 Å². The standard InChI is InChI=1S/C9H15N5O4/c1-17-8(15)5-14-12-7(11-13-14)4-3-6(10)9(16)18-2/h6H,3-5,10H2,1-2H3/t6-/m0/s1. The Morgan fingerprint density at radius 3 is 2.72 bits per heavy atom. The molecule has 0 fully saturated rings. The fourth-order valence-corrected chi connectivity index (χ4v) is 1.18. The highest BCUT2D eigenvalue weighted by molar-refractivity contribution is 5.75. The van der Waals surface area contributed by atoms with Crippen molar-refractivity contribution in [2.45, 2.75) is 25.4 Å². The average Bonchev–Trinajstić information content (AvgIpc) is 2.82. The van der Waals surface area contributed by atoms with Gasteiger partial charge in [0.1, 0.15) is 6.04 Å². The summed E-state index contributed by atoms with van der Waals surface area (Å²) in [5.41, 5.74) is 5.55. The van der Waals surface area contributed by atoms with E-state index in [-0.39, 0.29) is 6.54 Å². The third-order valence-corrected chi connectivity index (χ3v) is 2.18. The van der Waals surface area contributed by atoms with Crippen LogP contribution < -0.4 is 5.73 Å². The zero-order valence-corrected chi connectivity index (χ0v) is 10.2. The van der Waals surface area contributed by atoms with Gasteiger partial charge in [0.15, 0.2) is 12.4 Å². The van der Waals surface area contributed by atoms with Gasteiger partial charge in [-0.1, -0.05) is 0 Å². The van der Waals surface area contributed by atoms with Crippen LogP contribution in [0.2, 0.25) is 0 Å². The Kier molecular flexibility index (Phi) is 5.18. The van der Waals surface area contributed by atoms with E-state index in [1.165, 1.54) is 14.2 Å². The summed E-state index contributed by atoms with van der Waals surface area (Å²) in [4.78, 5) is 23.1. The summed E-state index contributed by atoms with van der Waals surface area (Å²) in [6.45, 7) is -0.105. The number of rotatable bonds is 6. The molecular weight excluding hydrogens is 242 g/mol. The Bertz CT molecular complexity index is 419. The van der Waals surface area contributed by atoms with Gasteiger partial charge in [0.25, 0.3) is 0 Å². The Labute approximate surface area is 103 Å². The van der Waals surface area contributed by atoms with Gasteiger partial charge < -0.3 is 15.2 Å². The van der Waals surface area contributed by atoms with Gasteiger partial charge in [-0.2, -0.15) is 4.80 Å². The minimum absolute atomic E-state index is 0.105. The molecule has 0 aliphatic heterocycles. The van der Waals surface area contributed by atoms with Crippen LogP contribution in [0.3, 0.4) is 0 Å². The Balaban J connectivity index is 2.44. The number of methoxy groups -OCH3 is 2.